The largest absolute Gasteiger partial charge is 0.339 e. The van der Waals surface area contributed by atoms with Crippen LogP contribution in [0.15, 0.2) is 0 Å². The van der Waals surface area contributed by atoms with Crippen molar-refractivity contribution in [1.29, 1.82) is 0 Å². The summed E-state index contributed by atoms with van der Waals surface area (Å²) >= 11 is 3.72. The minimum atomic E-state index is 0.613. The first-order chi connectivity index (χ1) is 8.65. The Morgan fingerprint density at radius 3 is 2.56 bits per heavy atom. The van der Waals surface area contributed by atoms with Gasteiger partial charge in [0.05, 0.1) is 11.4 Å². The normalized spacial score (nSPS) is 24.3. The van der Waals surface area contributed by atoms with Gasteiger partial charge in [-0.15, -0.1) is 5.10 Å². The number of aryl methyl sites for hydroxylation is 2. The van der Waals surface area contributed by atoms with E-state index in [0.29, 0.717) is 10.7 Å². The van der Waals surface area contributed by atoms with Crippen LogP contribution in [0.5, 0.6) is 0 Å². The second-order valence-corrected chi connectivity index (χ2v) is 6.12. The summed E-state index contributed by atoms with van der Waals surface area (Å²) in [6, 6.07) is 0. The summed E-state index contributed by atoms with van der Waals surface area (Å²) in [6.07, 6.45) is 2.97. The van der Waals surface area contributed by atoms with E-state index in [2.05, 4.69) is 56.8 Å². The second kappa shape index (κ2) is 5.95. The molecule has 0 saturated carbocycles. The summed E-state index contributed by atoms with van der Waals surface area (Å²) in [7, 11) is 0. The highest BCUT2D eigenvalue weighted by Crippen LogP contribution is 2.25. The standard InChI is InChI=1S/C13H21BrN4/c1-4-11-12(5-2)16-17-13(15-11)18-7-6-10(14)9(3)8-18/h9-10H,4-8H2,1-3H3. The second-order valence-electron chi connectivity index (χ2n) is 4.94. The van der Waals surface area contributed by atoms with Crippen molar-refractivity contribution in [3.8, 4) is 0 Å². The predicted molar refractivity (Wildman–Crippen MR) is 77.3 cm³/mol. The van der Waals surface area contributed by atoms with Crippen molar-refractivity contribution in [2.45, 2.75) is 44.9 Å². The molecule has 1 saturated heterocycles. The quantitative estimate of drug-likeness (QED) is 0.805. The van der Waals surface area contributed by atoms with Crippen LogP contribution in [-0.2, 0) is 12.8 Å². The van der Waals surface area contributed by atoms with Gasteiger partial charge in [-0.25, -0.2) is 4.98 Å². The van der Waals surface area contributed by atoms with E-state index in [-0.39, 0.29) is 0 Å². The van der Waals surface area contributed by atoms with Crippen LogP contribution in [0.1, 0.15) is 38.6 Å². The average Bonchev–Trinajstić information content (AvgIpc) is 2.41. The Morgan fingerprint density at radius 1 is 1.22 bits per heavy atom. The molecule has 2 unspecified atom stereocenters. The predicted octanol–water partition coefficient (Wildman–Crippen LogP) is 2.61. The molecule has 100 valence electrons. The smallest absolute Gasteiger partial charge is 0.245 e. The van der Waals surface area contributed by atoms with Crippen molar-refractivity contribution in [2.24, 2.45) is 5.92 Å². The van der Waals surface area contributed by atoms with Crippen LogP contribution in [0, 0.1) is 5.92 Å². The molecule has 2 atom stereocenters. The Morgan fingerprint density at radius 2 is 1.94 bits per heavy atom. The Kier molecular flexibility index (Phi) is 4.54. The Bertz CT molecular complexity index is 410. The SMILES string of the molecule is CCc1nnc(N2CCC(Br)C(C)C2)nc1CC. The van der Waals surface area contributed by atoms with Crippen molar-refractivity contribution in [1.82, 2.24) is 15.2 Å². The number of rotatable bonds is 3. The van der Waals surface area contributed by atoms with Crippen molar-refractivity contribution in [2.75, 3.05) is 18.0 Å². The first kappa shape index (κ1) is 13.7. The summed E-state index contributed by atoms with van der Waals surface area (Å²) in [5.74, 6) is 1.42. The molecule has 5 heteroatoms. The third kappa shape index (κ3) is 2.82. The molecular formula is C13H21BrN4. The topological polar surface area (TPSA) is 41.9 Å². The summed E-state index contributed by atoms with van der Waals surface area (Å²) in [5.41, 5.74) is 2.13. The molecule has 0 bridgehead atoms. The van der Waals surface area contributed by atoms with E-state index in [4.69, 9.17) is 0 Å². The van der Waals surface area contributed by atoms with Crippen LogP contribution in [0.3, 0.4) is 0 Å². The zero-order chi connectivity index (χ0) is 13.1. The highest BCUT2D eigenvalue weighted by Gasteiger charge is 2.25. The van der Waals surface area contributed by atoms with E-state index in [1.165, 1.54) is 0 Å². The zero-order valence-corrected chi connectivity index (χ0v) is 12.9. The fraction of sp³-hybridized carbons (Fsp3) is 0.769. The molecule has 0 aliphatic carbocycles. The van der Waals surface area contributed by atoms with Gasteiger partial charge < -0.3 is 4.90 Å². The summed E-state index contributed by atoms with van der Waals surface area (Å²) in [5, 5.41) is 8.61. The van der Waals surface area contributed by atoms with Gasteiger partial charge in [0.15, 0.2) is 0 Å². The molecule has 1 aliphatic rings. The average molecular weight is 313 g/mol. The van der Waals surface area contributed by atoms with Crippen LogP contribution in [0.25, 0.3) is 0 Å². The van der Waals surface area contributed by atoms with Crippen LogP contribution >= 0.6 is 15.9 Å². The molecule has 2 heterocycles. The van der Waals surface area contributed by atoms with Gasteiger partial charge in [0, 0.05) is 17.9 Å². The van der Waals surface area contributed by atoms with Crippen LogP contribution < -0.4 is 4.90 Å². The van der Waals surface area contributed by atoms with Crippen LogP contribution in [-0.4, -0.2) is 33.1 Å². The van der Waals surface area contributed by atoms with Crippen molar-refractivity contribution < 1.29 is 0 Å². The number of alkyl halides is 1. The monoisotopic (exact) mass is 312 g/mol. The van der Waals surface area contributed by atoms with E-state index in [0.717, 1.165) is 49.7 Å². The first-order valence-corrected chi connectivity index (χ1v) is 7.68. The van der Waals surface area contributed by atoms with E-state index in [1.54, 1.807) is 0 Å². The highest BCUT2D eigenvalue weighted by molar-refractivity contribution is 9.09. The van der Waals surface area contributed by atoms with Gasteiger partial charge in [0.2, 0.25) is 5.95 Å². The molecule has 18 heavy (non-hydrogen) atoms. The molecule has 1 fully saturated rings. The lowest BCUT2D eigenvalue weighted by Crippen LogP contribution is -2.41. The Balaban J connectivity index is 2.18. The number of halogens is 1. The maximum Gasteiger partial charge on any atom is 0.245 e. The number of piperidine rings is 1. The molecule has 0 amide bonds. The Labute approximate surface area is 117 Å². The van der Waals surface area contributed by atoms with Gasteiger partial charge in [0.25, 0.3) is 0 Å². The van der Waals surface area contributed by atoms with Crippen molar-refractivity contribution >= 4 is 21.9 Å². The van der Waals surface area contributed by atoms with E-state index in [1.807, 2.05) is 0 Å². The lowest BCUT2D eigenvalue weighted by atomic mass is 10.0. The van der Waals surface area contributed by atoms with Crippen LogP contribution in [0.2, 0.25) is 0 Å². The summed E-state index contributed by atoms with van der Waals surface area (Å²) in [6.45, 7) is 8.51. The number of aromatic nitrogens is 3. The molecule has 4 nitrogen and oxygen atoms in total. The first-order valence-electron chi connectivity index (χ1n) is 6.77. The number of hydrogen-bond donors (Lipinski definition) is 0. The molecule has 0 aromatic carbocycles. The third-order valence-electron chi connectivity index (χ3n) is 3.58. The molecule has 1 aliphatic heterocycles. The molecular weight excluding hydrogens is 292 g/mol. The molecule has 0 radical (unpaired) electrons. The fourth-order valence-electron chi connectivity index (χ4n) is 2.36. The molecule has 0 N–H and O–H groups in total. The highest BCUT2D eigenvalue weighted by atomic mass is 79.9. The number of hydrogen-bond acceptors (Lipinski definition) is 4. The molecule has 0 spiro atoms. The molecule has 1 aromatic rings. The van der Waals surface area contributed by atoms with E-state index >= 15 is 0 Å². The van der Waals surface area contributed by atoms with Crippen molar-refractivity contribution in [3.63, 3.8) is 0 Å². The zero-order valence-electron chi connectivity index (χ0n) is 11.4. The fourth-order valence-corrected chi connectivity index (χ4v) is 2.73. The van der Waals surface area contributed by atoms with Crippen LogP contribution in [0.4, 0.5) is 5.95 Å². The van der Waals surface area contributed by atoms with Gasteiger partial charge in [-0.05, 0) is 25.2 Å². The van der Waals surface area contributed by atoms with E-state index < -0.39 is 0 Å². The maximum absolute atomic E-state index is 4.68. The Hall–Kier alpha value is -0.710. The lowest BCUT2D eigenvalue weighted by molar-refractivity contribution is 0.458. The maximum atomic E-state index is 4.68. The van der Waals surface area contributed by atoms with Gasteiger partial charge >= 0.3 is 0 Å². The minimum absolute atomic E-state index is 0.613. The molecule has 1 aromatic heterocycles. The number of anilines is 1. The third-order valence-corrected chi connectivity index (χ3v) is 4.94. The van der Waals surface area contributed by atoms with Crippen molar-refractivity contribution in [3.05, 3.63) is 11.4 Å². The minimum Gasteiger partial charge on any atom is -0.339 e. The van der Waals surface area contributed by atoms with Gasteiger partial charge in [0.1, 0.15) is 0 Å². The number of nitrogens with zero attached hydrogens (tertiary/aromatic N) is 4. The molecule has 2 rings (SSSR count). The lowest BCUT2D eigenvalue weighted by Gasteiger charge is -2.34. The van der Waals surface area contributed by atoms with Gasteiger partial charge in [-0.1, -0.05) is 36.7 Å². The summed E-state index contributed by atoms with van der Waals surface area (Å²) in [4.78, 5) is 7.55. The van der Waals surface area contributed by atoms with E-state index in [9.17, 15) is 0 Å². The van der Waals surface area contributed by atoms with Gasteiger partial charge in [-0.2, -0.15) is 5.10 Å². The van der Waals surface area contributed by atoms with Gasteiger partial charge in [-0.3, -0.25) is 0 Å². The summed E-state index contributed by atoms with van der Waals surface area (Å²) < 4.78 is 0.